The molecule has 0 unspecified atom stereocenters. The molecule has 1 N–H and O–H groups in total. The molecule has 2 rings (SSSR count). The van der Waals surface area contributed by atoms with E-state index in [2.05, 4.69) is 11.4 Å². The van der Waals surface area contributed by atoms with Crippen molar-refractivity contribution in [3.63, 3.8) is 0 Å². The summed E-state index contributed by atoms with van der Waals surface area (Å²) in [6.07, 6.45) is 19.3. The van der Waals surface area contributed by atoms with E-state index in [1.54, 1.807) is 5.70 Å². The van der Waals surface area contributed by atoms with Crippen molar-refractivity contribution in [1.29, 1.82) is 0 Å². The van der Waals surface area contributed by atoms with E-state index in [1.165, 1.54) is 77.0 Å². The first-order valence-corrected chi connectivity index (χ1v) is 7.41. The lowest BCUT2D eigenvalue weighted by molar-refractivity contribution is 0.481. The second kappa shape index (κ2) is 6.98. The second-order valence-corrected chi connectivity index (χ2v) is 5.52. The van der Waals surface area contributed by atoms with E-state index in [0.29, 0.717) is 0 Å². The summed E-state index contributed by atoms with van der Waals surface area (Å²) in [5, 5.41) is 3.83. The molecule has 0 aliphatic heterocycles. The molecule has 0 spiro atoms. The maximum Gasteiger partial charge on any atom is 0.0258 e. The lowest BCUT2D eigenvalue weighted by Gasteiger charge is -2.21. The zero-order chi connectivity index (χ0) is 11.1. The van der Waals surface area contributed by atoms with Gasteiger partial charge in [0.1, 0.15) is 0 Å². The first-order chi connectivity index (χ1) is 7.95. The van der Waals surface area contributed by atoms with Gasteiger partial charge in [0.25, 0.3) is 0 Å². The lowest BCUT2D eigenvalue weighted by atomic mass is 10.0. The Kier molecular flexibility index (Phi) is 5.24. The minimum atomic E-state index is 0.785. The highest BCUT2D eigenvalue weighted by Gasteiger charge is 2.13. The molecular formula is C15H27N. The molecule has 0 aromatic heterocycles. The Hall–Kier alpha value is -0.460. The van der Waals surface area contributed by atoms with Gasteiger partial charge in [0.05, 0.1) is 0 Å². The Morgan fingerprint density at radius 1 is 0.812 bits per heavy atom. The van der Waals surface area contributed by atoms with Crippen LogP contribution in [0.3, 0.4) is 0 Å². The number of allylic oxidation sites excluding steroid dienone is 2. The average molecular weight is 221 g/mol. The fourth-order valence-electron chi connectivity index (χ4n) is 3.01. The SMILES string of the molecule is C1=C(NC2CCCCCC2)CCCCCC1. The van der Waals surface area contributed by atoms with E-state index < -0.39 is 0 Å². The molecule has 1 heteroatoms. The average Bonchev–Trinajstić information content (AvgIpc) is 2.50. The molecular weight excluding hydrogens is 194 g/mol. The summed E-state index contributed by atoms with van der Waals surface area (Å²) in [6.45, 7) is 0. The minimum Gasteiger partial charge on any atom is -0.386 e. The largest absolute Gasteiger partial charge is 0.386 e. The van der Waals surface area contributed by atoms with Crippen molar-refractivity contribution in [2.45, 2.75) is 83.1 Å². The van der Waals surface area contributed by atoms with Crippen molar-refractivity contribution in [3.05, 3.63) is 11.8 Å². The normalized spacial score (nSPS) is 25.1. The number of nitrogens with one attached hydrogen (secondary N) is 1. The zero-order valence-electron chi connectivity index (χ0n) is 10.6. The highest BCUT2D eigenvalue weighted by atomic mass is 14.9. The van der Waals surface area contributed by atoms with Crippen molar-refractivity contribution < 1.29 is 0 Å². The van der Waals surface area contributed by atoms with Gasteiger partial charge in [0.15, 0.2) is 0 Å². The Balaban J connectivity index is 1.81. The van der Waals surface area contributed by atoms with Gasteiger partial charge in [-0.25, -0.2) is 0 Å². The first-order valence-electron chi connectivity index (χ1n) is 7.41. The molecule has 0 aromatic carbocycles. The van der Waals surface area contributed by atoms with E-state index in [4.69, 9.17) is 0 Å². The Bertz CT molecular complexity index is 211. The van der Waals surface area contributed by atoms with Crippen LogP contribution in [0.1, 0.15) is 77.0 Å². The molecule has 1 nitrogen and oxygen atoms in total. The molecule has 2 aliphatic rings. The zero-order valence-corrected chi connectivity index (χ0v) is 10.6. The molecule has 0 bridgehead atoms. The molecule has 92 valence electrons. The summed E-state index contributed by atoms with van der Waals surface area (Å²) >= 11 is 0. The Morgan fingerprint density at radius 2 is 1.50 bits per heavy atom. The Labute approximate surface area is 101 Å². The third-order valence-electron chi connectivity index (χ3n) is 4.04. The molecule has 0 aromatic rings. The van der Waals surface area contributed by atoms with Crippen LogP contribution in [0.2, 0.25) is 0 Å². The molecule has 2 aliphatic carbocycles. The molecule has 0 amide bonds. The molecule has 1 saturated carbocycles. The lowest BCUT2D eigenvalue weighted by Crippen LogP contribution is -2.28. The van der Waals surface area contributed by atoms with Crippen molar-refractivity contribution >= 4 is 0 Å². The second-order valence-electron chi connectivity index (χ2n) is 5.52. The van der Waals surface area contributed by atoms with Crippen molar-refractivity contribution in [2.24, 2.45) is 0 Å². The van der Waals surface area contributed by atoms with Gasteiger partial charge < -0.3 is 5.32 Å². The van der Waals surface area contributed by atoms with E-state index in [1.807, 2.05) is 0 Å². The van der Waals surface area contributed by atoms with Crippen molar-refractivity contribution in [3.8, 4) is 0 Å². The highest BCUT2D eigenvalue weighted by molar-refractivity contribution is 5.02. The van der Waals surface area contributed by atoms with Gasteiger partial charge in [-0.05, 0) is 38.5 Å². The van der Waals surface area contributed by atoms with E-state index in [-0.39, 0.29) is 0 Å². The van der Waals surface area contributed by atoms with Gasteiger partial charge in [0, 0.05) is 11.7 Å². The van der Waals surface area contributed by atoms with Crippen LogP contribution in [-0.4, -0.2) is 6.04 Å². The third-order valence-corrected chi connectivity index (χ3v) is 4.04. The third kappa shape index (κ3) is 4.19. The summed E-state index contributed by atoms with van der Waals surface area (Å²) < 4.78 is 0. The van der Waals surface area contributed by atoms with Gasteiger partial charge >= 0.3 is 0 Å². The fraction of sp³-hybridized carbons (Fsp3) is 0.867. The van der Waals surface area contributed by atoms with Crippen LogP contribution < -0.4 is 5.32 Å². The quantitative estimate of drug-likeness (QED) is 0.675. The van der Waals surface area contributed by atoms with Crippen molar-refractivity contribution in [1.82, 2.24) is 5.32 Å². The number of hydrogen-bond acceptors (Lipinski definition) is 1. The molecule has 16 heavy (non-hydrogen) atoms. The summed E-state index contributed by atoms with van der Waals surface area (Å²) in [5.74, 6) is 0. The number of rotatable bonds is 2. The Morgan fingerprint density at radius 3 is 2.31 bits per heavy atom. The van der Waals surface area contributed by atoms with Crippen LogP contribution in [0.5, 0.6) is 0 Å². The topological polar surface area (TPSA) is 12.0 Å². The van der Waals surface area contributed by atoms with Crippen LogP contribution in [-0.2, 0) is 0 Å². The smallest absolute Gasteiger partial charge is 0.0258 e. The molecule has 0 saturated heterocycles. The van der Waals surface area contributed by atoms with Crippen molar-refractivity contribution in [2.75, 3.05) is 0 Å². The maximum atomic E-state index is 3.83. The van der Waals surface area contributed by atoms with Crippen LogP contribution in [0.25, 0.3) is 0 Å². The molecule has 1 fully saturated rings. The van der Waals surface area contributed by atoms with Gasteiger partial charge in [-0.1, -0.05) is 44.6 Å². The van der Waals surface area contributed by atoms with Crippen LogP contribution in [0.15, 0.2) is 11.8 Å². The highest BCUT2D eigenvalue weighted by Crippen LogP contribution is 2.21. The van der Waals surface area contributed by atoms with E-state index >= 15 is 0 Å². The monoisotopic (exact) mass is 221 g/mol. The molecule has 0 heterocycles. The summed E-state index contributed by atoms with van der Waals surface area (Å²) in [5.41, 5.74) is 1.56. The van der Waals surface area contributed by atoms with Crippen LogP contribution >= 0.6 is 0 Å². The van der Waals surface area contributed by atoms with E-state index in [0.717, 1.165) is 6.04 Å². The maximum absolute atomic E-state index is 3.83. The molecule has 0 radical (unpaired) electrons. The standard InChI is InChI=1S/C15H27N/c1-2-6-10-14(11-7-3-1)16-15-12-8-4-5-9-13-15/h10,15-16H,1-9,11-13H2. The predicted octanol–water partition coefficient (Wildman–Crippen LogP) is 4.54. The van der Waals surface area contributed by atoms with Gasteiger partial charge in [0.2, 0.25) is 0 Å². The van der Waals surface area contributed by atoms with Gasteiger partial charge in [-0.3, -0.25) is 0 Å². The van der Waals surface area contributed by atoms with Crippen LogP contribution in [0.4, 0.5) is 0 Å². The first kappa shape index (κ1) is 12.0. The minimum absolute atomic E-state index is 0.785. The van der Waals surface area contributed by atoms with Gasteiger partial charge in [-0.2, -0.15) is 0 Å². The van der Waals surface area contributed by atoms with Crippen LogP contribution in [0, 0.1) is 0 Å². The van der Waals surface area contributed by atoms with Gasteiger partial charge in [-0.15, -0.1) is 0 Å². The van der Waals surface area contributed by atoms with E-state index in [9.17, 15) is 0 Å². The number of hydrogen-bond donors (Lipinski definition) is 1. The summed E-state index contributed by atoms with van der Waals surface area (Å²) in [4.78, 5) is 0. The summed E-state index contributed by atoms with van der Waals surface area (Å²) in [7, 11) is 0. The summed E-state index contributed by atoms with van der Waals surface area (Å²) in [6, 6.07) is 0.785. The molecule has 0 atom stereocenters. The predicted molar refractivity (Wildman–Crippen MR) is 70.4 cm³/mol. The fourth-order valence-corrected chi connectivity index (χ4v) is 3.01.